The number of benzene rings is 1. The molecule has 0 aromatic heterocycles. The van der Waals surface area contributed by atoms with Gasteiger partial charge in [-0.05, 0) is 30.5 Å². The second-order valence-electron chi connectivity index (χ2n) is 4.82. The van der Waals surface area contributed by atoms with Crippen molar-refractivity contribution in [2.24, 2.45) is 0 Å². The third-order valence-electron chi connectivity index (χ3n) is 3.33. The third-order valence-corrected chi connectivity index (χ3v) is 3.33. The fraction of sp³-hybridized carbons (Fsp3) is 0.400. The Morgan fingerprint density at radius 1 is 1.43 bits per heavy atom. The van der Waals surface area contributed by atoms with E-state index in [4.69, 9.17) is 4.74 Å². The van der Waals surface area contributed by atoms with Gasteiger partial charge in [0.1, 0.15) is 0 Å². The molecule has 21 heavy (non-hydrogen) atoms. The summed E-state index contributed by atoms with van der Waals surface area (Å²) in [6.07, 6.45) is 3.93. The SMILES string of the molecule is COc1ccc(CNC(=O)N2CCCC[CH]C2=O)cc1F. The molecule has 0 atom stereocenters. The van der Waals surface area contributed by atoms with Crippen molar-refractivity contribution in [3.63, 3.8) is 0 Å². The number of urea groups is 1. The molecule has 0 bridgehead atoms. The van der Waals surface area contributed by atoms with E-state index in [1.54, 1.807) is 6.07 Å². The summed E-state index contributed by atoms with van der Waals surface area (Å²) in [7, 11) is 1.39. The average molecular weight is 293 g/mol. The third kappa shape index (κ3) is 3.93. The van der Waals surface area contributed by atoms with Crippen molar-refractivity contribution in [3.05, 3.63) is 36.0 Å². The molecule has 3 amide bonds. The van der Waals surface area contributed by atoms with E-state index in [1.807, 2.05) is 0 Å². The van der Waals surface area contributed by atoms with Crippen LogP contribution < -0.4 is 10.1 Å². The monoisotopic (exact) mass is 293 g/mol. The Morgan fingerprint density at radius 2 is 2.24 bits per heavy atom. The summed E-state index contributed by atoms with van der Waals surface area (Å²) in [4.78, 5) is 24.9. The lowest BCUT2D eigenvalue weighted by molar-refractivity contribution is -0.124. The highest BCUT2D eigenvalue weighted by Gasteiger charge is 2.22. The maximum absolute atomic E-state index is 13.5. The van der Waals surface area contributed by atoms with Crippen molar-refractivity contribution in [1.29, 1.82) is 0 Å². The molecule has 1 aromatic carbocycles. The van der Waals surface area contributed by atoms with Crippen molar-refractivity contribution in [2.75, 3.05) is 13.7 Å². The van der Waals surface area contributed by atoms with Crippen LogP contribution in [0.2, 0.25) is 0 Å². The zero-order chi connectivity index (χ0) is 15.2. The standard InChI is InChI=1S/C15H18FN2O3/c1-21-13-7-6-11(9-12(13)16)10-17-15(20)18-8-4-2-3-5-14(18)19/h5-7,9H,2-4,8,10H2,1H3,(H,17,20). The number of hydrogen-bond acceptors (Lipinski definition) is 3. The topological polar surface area (TPSA) is 58.6 Å². The predicted molar refractivity (Wildman–Crippen MR) is 75.1 cm³/mol. The van der Waals surface area contributed by atoms with Crippen LogP contribution in [-0.4, -0.2) is 30.5 Å². The number of methoxy groups -OCH3 is 1. The van der Waals surface area contributed by atoms with Crippen molar-refractivity contribution in [1.82, 2.24) is 10.2 Å². The number of nitrogens with one attached hydrogen (secondary N) is 1. The Labute approximate surface area is 123 Å². The van der Waals surface area contributed by atoms with Gasteiger partial charge >= 0.3 is 6.03 Å². The smallest absolute Gasteiger partial charge is 0.324 e. The molecule has 1 aliphatic heterocycles. The predicted octanol–water partition coefficient (Wildman–Crippen LogP) is 2.26. The van der Waals surface area contributed by atoms with Gasteiger partial charge in [0, 0.05) is 13.1 Å². The molecule has 0 unspecified atom stereocenters. The summed E-state index contributed by atoms with van der Waals surface area (Å²) in [5.74, 6) is -0.600. The van der Waals surface area contributed by atoms with E-state index in [9.17, 15) is 14.0 Å². The number of carbonyl (C=O) groups is 2. The molecule has 1 aliphatic rings. The molecule has 1 radical (unpaired) electrons. The Hall–Kier alpha value is -2.11. The number of ether oxygens (including phenoxy) is 1. The van der Waals surface area contributed by atoms with Gasteiger partial charge in [-0.3, -0.25) is 9.69 Å². The van der Waals surface area contributed by atoms with Gasteiger partial charge in [-0.25, -0.2) is 9.18 Å². The first-order chi connectivity index (χ1) is 10.1. The van der Waals surface area contributed by atoms with Gasteiger partial charge in [0.25, 0.3) is 0 Å². The van der Waals surface area contributed by atoms with Crippen LogP contribution in [0.3, 0.4) is 0 Å². The molecule has 1 heterocycles. The summed E-state index contributed by atoms with van der Waals surface area (Å²) in [6, 6.07) is 4.02. The second kappa shape index (κ2) is 7.06. The zero-order valence-corrected chi connectivity index (χ0v) is 11.9. The van der Waals surface area contributed by atoms with E-state index >= 15 is 0 Å². The molecular weight excluding hydrogens is 275 g/mol. The lowest BCUT2D eigenvalue weighted by atomic mass is 10.2. The molecule has 1 fully saturated rings. The van der Waals surface area contributed by atoms with E-state index in [1.165, 1.54) is 30.6 Å². The molecule has 1 aromatic rings. The molecule has 1 N–H and O–H groups in total. The van der Waals surface area contributed by atoms with Gasteiger partial charge in [-0.15, -0.1) is 0 Å². The van der Waals surface area contributed by atoms with Crippen LogP contribution in [0.1, 0.15) is 24.8 Å². The number of carbonyl (C=O) groups excluding carboxylic acids is 2. The molecule has 5 nitrogen and oxygen atoms in total. The van der Waals surface area contributed by atoms with Crippen LogP contribution in [0.4, 0.5) is 9.18 Å². The Morgan fingerprint density at radius 3 is 2.95 bits per heavy atom. The molecule has 1 saturated heterocycles. The fourth-order valence-electron chi connectivity index (χ4n) is 2.15. The van der Waals surface area contributed by atoms with Crippen LogP contribution in [0.25, 0.3) is 0 Å². The van der Waals surface area contributed by atoms with E-state index in [2.05, 4.69) is 5.32 Å². The lowest BCUT2D eigenvalue weighted by Gasteiger charge is -2.19. The zero-order valence-electron chi connectivity index (χ0n) is 11.9. The number of rotatable bonds is 3. The van der Waals surface area contributed by atoms with Gasteiger partial charge in [0.2, 0.25) is 5.91 Å². The summed E-state index contributed by atoms with van der Waals surface area (Å²) in [6.45, 7) is 0.571. The van der Waals surface area contributed by atoms with Crippen LogP contribution in [-0.2, 0) is 11.3 Å². The summed E-state index contributed by atoms with van der Waals surface area (Å²) >= 11 is 0. The largest absolute Gasteiger partial charge is 0.494 e. The maximum Gasteiger partial charge on any atom is 0.324 e. The van der Waals surface area contributed by atoms with Crippen LogP contribution in [0.15, 0.2) is 18.2 Å². The molecule has 0 spiro atoms. The fourth-order valence-corrected chi connectivity index (χ4v) is 2.15. The normalized spacial score (nSPS) is 15.5. The first-order valence-electron chi connectivity index (χ1n) is 6.87. The lowest BCUT2D eigenvalue weighted by Crippen LogP contribution is -2.43. The Bertz CT molecular complexity index is 534. The van der Waals surface area contributed by atoms with E-state index < -0.39 is 11.8 Å². The van der Waals surface area contributed by atoms with Gasteiger partial charge in [0.15, 0.2) is 11.6 Å². The number of nitrogens with zero attached hydrogens (tertiary/aromatic N) is 1. The number of hydrogen-bond donors (Lipinski definition) is 1. The number of imide groups is 1. The van der Waals surface area contributed by atoms with Gasteiger partial charge in [-0.1, -0.05) is 12.5 Å². The van der Waals surface area contributed by atoms with Crippen molar-refractivity contribution in [3.8, 4) is 5.75 Å². The Balaban J connectivity index is 1.94. The molecule has 113 valence electrons. The van der Waals surface area contributed by atoms with Crippen LogP contribution >= 0.6 is 0 Å². The highest BCUT2D eigenvalue weighted by molar-refractivity contribution is 5.98. The average Bonchev–Trinajstić information content (AvgIpc) is 2.69. The van der Waals surface area contributed by atoms with Crippen LogP contribution in [0.5, 0.6) is 5.75 Å². The minimum absolute atomic E-state index is 0.155. The first-order valence-corrected chi connectivity index (χ1v) is 6.87. The number of amides is 3. The summed E-state index contributed by atoms with van der Waals surface area (Å²) in [5, 5.41) is 2.63. The quantitative estimate of drug-likeness (QED) is 0.930. The number of halogens is 1. The van der Waals surface area contributed by atoms with Gasteiger partial charge < -0.3 is 10.1 Å². The molecule has 0 saturated carbocycles. The van der Waals surface area contributed by atoms with Crippen molar-refractivity contribution >= 4 is 11.9 Å². The van der Waals surface area contributed by atoms with Crippen LogP contribution in [0, 0.1) is 12.2 Å². The van der Waals surface area contributed by atoms with Crippen molar-refractivity contribution in [2.45, 2.75) is 25.8 Å². The summed E-state index contributed by atoms with van der Waals surface area (Å²) in [5.41, 5.74) is 0.605. The molecule has 2 rings (SSSR count). The Kier molecular flexibility index (Phi) is 5.14. The first kappa shape index (κ1) is 15.3. The van der Waals surface area contributed by atoms with Gasteiger partial charge in [0.05, 0.1) is 13.5 Å². The highest BCUT2D eigenvalue weighted by atomic mass is 19.1. The minimum atomic E-state index is -0.483. The highest BCUT2D eigenvalue weighted by Crippen LogP contribution is 2.17. The van der Waals surface area contributed by atoms with Crippen molar-refractivity contribution < 1.29 is 18.7 Å². The molecule has 0 aliphatic carbocycles. The van der Waals surface area contributed by atoms with E-state index in [0.717, 1.165) is 12.8 Å². The summed E-state index contributed by atoms with van der Waals surface area (Å²) < 4.78 is 18.4. The number of likely N-dealkylation sites (tertiary alicyclic amines) is 1. The minimum Gasteiger partial charge on any atom is -0.494 e. The second-order valence-corrected chi connectivity index (χ2v) is 4.82. The molecular formula is C15H18FN2O3. The van der Waals surface area contributed by atoms with E-state index in [-0.39, 0.29) is 18.2 Å². The molecule has 6 heteroatoms. The van der Waals surface area contributed by atoms with E-state index in [0.29, 0.717) is 18.5 Å². The van der Waals surface area contributed by atoms with Gasteiger partial charge in [-0.2, -0.15) is 0 Å². The maximum atomic E-state index is 13.5.